The summed E-state index contributed by atoms with van der Waals surface area (Å²) in [5.74, 6) is 0.681. The second-order valence-corrected chi connectivity index (χ2v) is 18.3. The Morgan fingerprint density at radius 2 is 1.61 bits per heavy atom. The van der Waals surface area contributed by atoms with Crippen LogP contribution in [0.4, 0.5) is 5.95 Å². The zero-order valence-corrected chi connectivity index (χ0v) is 35.3. The van der Waals surface area contributed by atoms with Crippen LogP contribution < -0.4 is 29.7 Å². The van der Waals surface area contributed by atoms with Crippen molar-refractivity contribution in [1.82, 2.24) is 30.4 Å². The molecule has 324 valence electrons. The number of hydrogen-bond acceptors (Lipinski definition) is 13. The molecule has 1 aromatic heterocycles. The van der Waals surface area contributed by atoms with Crippen LogP contribution in [-0.2, 0) is 9.59 Å². The van der Waals surface area contributed by atoms with Gasteiger partial charge in [-0.3, -0.25) is 39.1 Å². The van der Waals surface area contributed by atoms with Gasteiger partial charge < -0.3 is 24.4 Å². The van der Waals surface area contributed by atoms with Crippen LogP contribution >= 0.6 is 0 Å². The molecule has 5 amide bonds. The minimum atomic E-state index is -0.999. The van der Waals surface area contributed by atoms with Crippen molar-refractivity contribution < 1.29 is 38.2 Å². The molecule has 3 aliphatic carbocycles. The number of carbonyl (C=O) groups is 5. The summed E-state index contributed by atoms with van der Waals surface area (Å²) in [6, 6.07) is 12.1. The molecule has 2 N–H and O–H groups in total. The molecule has 6 aliphatic rings. The molecular weight excluding hydrogens is 793 g/mol. The van der Waals surface area contributed by atoms with E-state index in [9.17, 15) is 29.2 Å². The van der Waals surface area contributed by atoms with Crippen LogP contribution in [0.1, 0.15) is 115 Å². The number of methoxy groups -OCH3 is 1. The second kappa shape index (κ2) is 16.7. The van der Waals surface area contributed by atoms with E-state index in [0.29, 0.717) is 52.3 Å². The Morgan fingerprint density at radius 3 is 2.29 bits per heavy atom. The Hall–Kier alpha value is -6.08. The monoisotopic (exact) mass is 844 g/mol. The van der Waals surface area contributed by atoms with Crippen LogP contribution in [0.3, 0.4) is 0 Å². The minimum Gasteiger partial charge on any atom is -0.495 e. The average molecular weight is 845 g/mol. The fourth-order valence-electron chi connectivity index (χ4n) is 10.4. The first-order valence-electron chi connectivity index (χ1n) is 21.8. The summed E-state index contributed by atoms with van der Waals surface area (Å²) < 4.78 is 17.7. The summed E-state index contributed by atoms with van der Waals surface area (Å²) in [6.07, 6.45) is 10.7. The highest BCUT2D eigenvalue weighted by Gasteiger charge is 2.54. The van der Waals surface area contributed by atoms with Gasteiger partial charge in [-0.25, -0.2) is 9.97 Å². The van der Waals surface area contributed by atoms with Crippen LogP contribution in [-0.4, -0.2) is 112 Å². The standard InChI is InChI=1S/C46H52N8O8/c1-26(2)53(31-14-35(15-31)62-33-10-11-36-37(16-33)44(59)54(43(36)58)38-12-13-40(55)51-42(38)57)23-27-18-46(19-27)24-52(25-46)45-48-21-29(22-49-45)41(56)50-30-5-8-32(9-6-30)61-34-7-4-28(20-47)39(17-34)60-3/h4,7,10-11,16-17,21-22,26-27,30-32,35,38H,5-6,8-9,12-15,18-19,23-25H2,1-3H3,(H,50,56)(H,51,55,57)/t30?,31?,32?,35?,38-/m1/s1. The van der Waals surface area contributed by atoms with E-state index in [1.807, 2.05) is 0 Å². The van der Waals surface area contributed by atoms with Gasteiger partial charge in [0.15, 0.2) is 0 Å². The van der Waals surface area contributed by atoms with Gasteiger partial charge in [0, 0.05) is 80.9 Å². The fourth-order valence-corrected chi connectivity index (χ4v) is 10.4. The maximum absolute atomic E-state index is 13.3. The number of imide groups is 2. The van der Waals surface area contributed by atoms with Crippen molar-refractivity contribution in [2.45, 2.75) is 114 Å². The lowest BCUT2D eigenvalue weighted by atomic mass is 9.57. The third-order valence-electron chi connectivity index (χ3n) is 13.7. The first-order valence-corrected chi connectivity index (χ1v) is 21.8. The predicted molar refractivity (Wildman–Crippen MR) is 224 cm³/mol. The Balaban J connectivity index is 0.690. The number of hydrogen-bond donors (Lipinski definition) is 2. The number of benzene rings is 2. The molecule has 16 nitrogen and oxygen atoms in total. The summed E-state index contributed by atoms with van der Waals surface area (Å²) in [4.78, 5) is 78.4. The second-order valence-electron chi connectivity index (χ2n) is 18.3. The summed E-state index contributed by atoms with van der Waals surface area (Å²) in [7, 11) is 1.53. The summed E-state index contributed by atoms with van der Waals surface area (Å²) in [5, 5.41) is 14.6. The Labute approximate surface area is 360 Å². The van der Waals surface area contributed by atoms with Crippen molar-refractivity contribution in [1.29, 1.82) is 5.26 Å². The number of nitrogens with one attached hydrogen (secondary N) is 2. The lowest BCUT2D eigenvalue weighted by molar-refractivity contribution is -0.136. The van der Waals surface area contributed by atoms with Crippen molar-refractivity contribution in [3.05, 3.63) is 71.0 Å². The Kier molecular flexibility index (Phi) is 11.1. The van der Waals surface area contributed by atoms with Crippen molar-refractivity contribution in [3.63, 3.8) is 0 Å². The highest BCUT2D eigenvalue weighted by atomic mass is 16.5. The first kappa shape index (κ1) is 41.3. The van der Waals surface area contributed by atoms with E-state index < -0.39 is 29.7 Å². The highest BCUT2D eigenvalue weighted by Crippen LogP contribution is 2.53. The number of amides is 5. The van der Waals surface area contributed by atoms with Crippen LogP contribution in [0, 0.1) is 22.7 Å². The van der Waals surface area contributed by atoms with E-state index in [0.717, 1.165) is 75.9 Å². The lowest BCUT2D eigenvalue weighted by Crippen LogP contribution is -2.64. The molecule has 9 rings (SSSR count). The van der Waals surface area contributed by atoms with Crippen molar-refractivity contribution >= 4 is 35.5 Å². The van der Waals surface area contributed by atoms with E-state index in [-0.39, 0.29) is 53.5 Å². The molecule has 0 unspecified atom stereocenters. The number of ether oxygens (including phenoxy) is 3. The minimum absolute atomic E-state index is 0.00368. The molecule has 16 heteroatoms. The van der Waals surface area contributed by atoms with Gasteiger partial charge in [0.2, 0.25) is 17.8 Å². The maximum Gasteiger partial charge on any atom is 0.262 e. The van der Waals surface area contributed by atoms with Crippen molar-refractivity contribution in [2.24, 2.45) is 11.3 Å². The number of nitrogens with zero attached hydrogens (tertiary/aromatic N) is 6. The van der Waals surface area contributed by atoms with Crippen molar-refractivity contribution in [2.75, 3.05) is 31.6 Å². The van der Waals surface area contributed by atoms with Crippen LogP contribution in [0.25, 0.3) is 0 Å². The number of aromatic nitrogens is 2. The van der Waals surface area contributed by atoms with Crippen molar-refractivity contribution in [3.8, 4) is 23.3 Å². The smallest absolute Gasteiger partial charge is 0.262 e. The molecule has 2 saturated heterocycles. The zero-order valence-electron chi connectivity index (χ0n) is 35.3. The molecule has 0 bridgehead atoms. The van der Waals surface area contributed by atoms with Gasteiger partial charge in [0.25, 0.3) is 17.7 Å². The lowest BCUT2D eigenvalue weighted by Gasteiger charge is -2.60. The van der Waals surface area contributed by atoms with Crippen LogP contribution in [0.2, 0.25) is 0 Å². The van der Waals surface area contributed by atoms with Gasteiger partial charge in [-0.15, -0.1) is 0 Å². The predicted octanol–water partition coefficient (Wildman–Crippen LogP) is 4.41. The molecule has 62 heavy (non-hydrogen) atoms. The molecule has 1 atom stereocenters. The number of rotatable bonds is 13. The quantitative estimate of drug-likeness (QED) is 0.230. The molecule has 2 aromatic carbocycles. The first-order chi connectivity index (χ1) is 29.9. The van der Waals surface area contributed by atoms with Gasteiger partial charge in [0.1, 0.15) is 35.5 Å². The van der Waals surface area contributed by atoms with E-state index >= 15 is 0 Å². The molecular formula is C46H52N8O8. The molecule has 3 saturated carbocycles. The van der Waals surface area contributed by atoms with E-state index in [1.54, 1.807) is 48.8 Å². The molecule has 0 radical (unpaired) electrons. The number of piperidine rings is 1. The fraction of sp³-hybridized carbons (Fsp3) is 0.522. The number of carbonyl (C=O) groups excluding carboxylic acids is 5. The van der Waals surface area contributed by atoms with Crippen LogP contribution in [0.15, 0.2) is 48.8 Å². The zero-order chi connectivity index (χ0) is 43.3. The Morgan fingerprint density at radius 1 is 0.935 bits per heavy atom. The largest absolute Gasteiger partial charge is 0.495 e. The third kappa shape index (κ3) is 8.05. The Bertz CT molecular complexity index is 2300. The third-order valence-corrected chi connectivity index (χ3v) is 13.7. The SMILES string of the molecule is COc1cc(OC2CCC(NC(=O)c3cnc(N4CC5(CC(CN(C(C)C)C6CC(Oc7ccc8c(c7)C(=O)N([C@@H]7CCC(=O)NC7=O)C8=O)C6)C5)C4)nc3)CC2)ccc1C#N. The van der Waals surface area contributed by atoms with Gasteiger partial charge in [0.05, 0.1) is 35.5 Å². The number of anilines is 1. The van der Waals surface area contributed by atoms with Gasteiger partial charge in [-0.05, 0) is 95.0 Å². The molecule has 3 aliphatic heterocycles. The molecule has 1 spiro atoms. The molecule has 4 heterocycles. The van der Waals surface area contributed by atoms with Gasteiger partial charge in [-0.2, -0.15) is 5.26 Å². The number of nitriles is 1. The van der Waals surface area contributed by atoms with E-state index in [4.69, 9.17) is 14.2 Å². The number of fused-ring (bicyclic) bond motifs is 1. The highest BCUT2D eigenvalue weighted by molar-refractivity contribution is 6.23. The molecule has 5 fully saturated rings. The topological polar surface area (TPSA) is 196 Å². The maximum atomic E-state index is 13.3. The summed E-state index contributed by atoms with van der Waals surface area (Å²) >= 11 is 0. The normalized spacial score (nSPS) is 25.4. The van der Waals surface area contributed by atoms with Gasteiger partial charge >= 0.3 is 0 Å². The average Bonchev–Trinajstić information content (AvgIpc) is 3.46. The molecule has 3 aromatic rings. The van der Waals surface area contributed by atoms with E-state index in [2.05, 4.69) is 50.3 Å². The van der Waals surface area contributed by atoms with Gasteiger partial charge in [-0.1, -0.05) is 0 Å². The summed E-state index contributed by atoms with van der Waals surface area (Å²) in [6.45, 7) is 7.34. The summed E-state index contributed by atoms with van der Waals surface area (Å²) in [5.41, 5.74) is 1.66. The van der Waals surface area contributed by atoms with Crippen LogP contribution in [0.5, 0.6) is 17.2 Å². The van der Waals surface area contributed by atoms with E-state index in [1.165, 1.54) is 7.11 Å².